The van der Waals surface area contributed by atoms with Crippen molar-refractivity contribution >= 4 is 23.2 Å². The molecule has 1 aromatic heterocycles. The van der Waals surface area contributed by atoms with Gasteiger partial charge in [0, 0.05) is 5.56 Å². The van der Waals surface area contributed by atoms with Crippen LogP contribution < -0.4 is 0 Å². The van der Waals surface area contributed by atoms with Crippen LogP contribution in [-0.4, -0.2) is 10.9 Å². The van der Waals surface area contributed by atoms with Crippen LogP contribution in [0.2, 0.25) is 0 Å². The zero-order valence-electron chi connectivity index (χ0n) is 11.8. The summed E-state index contributed by atoms with van der Waals surface area (Å²) in [5.74, 6) is -0.0334. The lowest BCUT2D eigenvalue weighted by Crippen LogP contribution is -1.93. The summed E-state index contributed by atoms with van der Waals surface area (Å²) in [4.78, 5) is 12.2. The third-order valence-electron chi connectivity index (χ3n) is 3.34. The Morgan fingerprint density at radius 3 is 2.68 bits per heavy atom. The Morgan fingerprint density at radius 2 is 1.91 bits per heavy atom. The topological polar surface area (TPSA) is 37.3 Å². The molecule has 2 nitrogen and oxygen atoms in total. The van der Waals surface area contributed by atoms with E-state index in [4.69, 9.17) is 0 Å². The van der Waals surface area contributed by atoms with E-state index in [2.05, 4.69) is 11.4 Å². The summed E-state index contributed by atoms with van der Waals surface area (Å²) in [6, 6.07) is 16.4. The molecule has 0 saturated heterocycles. The number of hydrogen-bond acceptors (Lipinski definition) is 3. The quantitative estimate of drug-likeness (QED) is 0.543. The zero-order chi connectivity index (χ0) is 15.4. The number of carbonyl (C=O) groups is 1. The number of phenols is 1. The molecule has 3 aromatic rings. The highest BCUT2D eigenvalue weighted by molar-refractivity contribution is 7.08. The summed E-state index contributed by atoms with van der Waals surface area (Å²) in [6.45, 7) is 0. The van der Waals surface area contributed by atoms with Crippen LogP contribution >= 0.6 is 11.3 Å². The number of aromatic hydroxyl groups is 1. The Labute approximate surface area is 133 Å². The van der Waals surface area contributed by atoms with Crippen LogP contribution in [0.25, 0.3) is 17.2 Å². The van der Waals surface area contributed by atoms with Crippen LogP contribution in [0, 0.1) is 0 Å². The van der Waals surface area contributed by atoms with Gasteiger partial charge >= 0.3 is 0 Å². The SMILES string of the molecule is O=C(C=Cc1ccccc1-c1ccsc1)c1cccc(O)c1. The van der Waals surface area contributed by atoms with Gasteiger partial charge in [-0.2, -0.15) is 11.3 Å². The van der Waals surface area contributed by atoms with E-state index in [-0.39, 0.29) is 11.5 Å². The Bertz CT molecular complexity index is 817. The van der Waals surface area contributed by atoms with Crippen LogP contribution in [0.3, 0.4) is 0 Å². The molecular formula is C19H14O2S. The molecule has 0 aliphatic rings. The number of phenolic OH excluding ortho intramolecular Hbond substituents is 1. The lowest BCUT2D eigenvalue weighted by Gasteiger charge is -2.03. The Hall–Kier alpha value is -2.65. The second kappa shape index (κ2) is 6.41. The fourth-order valence-corrected chi connectivity index (χ4v) is 2.90. The van der Waals surface area contributed by atoms with Gasteiger partial charge in [-0.05, 0) is 51.7 Å². The van der Waals surface area contributed by atoms with Gasteiger partial charge in [0.15, 0.2) is 5.78 Å². The van der Waals surface area contributed by atoms with Crippen molar-refractivity contribution in [3.8, 4) is 16.9 Å². The second-order valence-corrected chi connectivity index (χ2v) is 5.63. The molecule has 0 aliphatic heterocycles. The van der Waals surface area contributed by atoms with Gasteiger partial charge in [0.05, 0.1) is 0 Å². The molecule has 1 heterocycles. The van der Waals surface area contributed by atoms with E-state index in [1.54, 1.807) is 35.6 Å². The molecule has 2 aromatic carbocycles. The van der Waals surface area contributed by atoms with Gasteiger partial charge in [-0.25, -0.2) is 0 Å². The monoisotopic (exact) mass is 306 g/mol. The second-order valence-electron chi connectivity index (χ2n) is 4.85. The summed E-state index contributed by atoms with van der Waals surface area (Å²) < 4.78 is 0. The Balaban J connectivity index is 1.89. The highest BCUT2D eigenvalue weighted by Crippen LogP contribution is 2.26. The lowest BCUT2D eigenvalue weighted by atomic mass is 10.0. The van der Waals surface area contributed by atoms with Crippen molar-refractivity contribution in [1.82, 2.24) is 0 Å². The molecular weight excluding hydrogens is 292 g/mol. The lowest BCUT2D eigenvalue weighted by molar-refractivity contribution is 0.104. The number of hydrogen-bond donors (Lipinski definition) is 1. The highest BCUT2D eigenvalue weighted by atomic mass is 32.1. The van der Waals surface area contributed by atoms with E-state index in [0.717, 1.165) is 16.7 Å². The maximum Gasteiger partial charge on any atom is 0.185 e. The van der Waals surface area contributed by atoms with Crippen molar-refractivity contribution < 1.29 is 9.90 Å². The predicted molar refractivity (Wildman–Crippen MR) is 91.2 cm³/mol. The van der Waals surface area contributed by atoms with E-state index < -0.39 is 0 Å². The van der Waals surface area contributed by atoms with E-state index >= 15 is 0 Å². The van der Waals surface area contributed by atoms with Crippen molar-refractivity contribution in [3.63, 3.8) is 0 Å². The molecule has 0 aliphatic carbocycles. The van der Waals surface area contributed by atoms with Gasteiger partial charge < -0.3 is 5.11 Å². The van der Waals surface area contributed by atoms with Gasteiger partial charge in [0.25, 0.3) is 0 Å². The molecule has 0 bridgehead atoms. The smallest absolute Gasteiger partial charge is 0.185 e. The average molecular weight is 306 g/mol. The molecule has 0 spiro atoms. The van der Waals surface area contributed by atoms with Crippen LogP contribution in [0.1, 0.15) is 15.9 Å². The number of carbonyl (C=O) groups excluding carboxylic acids is 1. The first kappa shape index (κ1) is 14.3. The number of allylic oxidation sites excluding steroid dienone is 1. The number of ketones is 1. The van der Waals surface area contributed by atoms with E-state index in [9.17, 15) is 9.90 Å². The first-order chi connectivity index (χ1) is 10.7. The van der Waals surface area contributed by atoms with Gasteiger partial charge in [-0.15, -0.1) is 0 Å². The zero-order valence-corrected chi connectivity index (χ0v) is 12.6. The third-order valence-corrected chi connectivity index (χ3v) is 4.02. The normalized spacial score (nSPS) is 10.9. The largest absolute Gasteiger partial charge is 0.508 e. The van der Waals surface area contributed by atoms with Crippen molar-refractivity contribution in [2.45, 2.75) is 0 Å². The molecule has 108 valence electrons. The first-order valence-corrected chi connectivity index (χ1v) is 7.81. The van der Waals surface area contributed by atoms with Gasteiger partial charge in [-0.3, -0.25) is 4.79 Å². The molecule has 0 fully saturated rings. The summed E-state index contributed by atoms with van der Waals surface area (Å²) in [6.07, 6.45) is 3.36. The minimum absolute atomic E-state index is 0.0953. The molecule has 1 N–H and O–H groups in total. The van der Waals surface area contributed by atoms with Gasteiger partial charge in [0.1, 0.15) is 5.75 Å². The molecule has 0 amide bonds. The Kier molecular flexibility index (Phi) is 4.17. The predicted octanol–water partition coefficient (Wildman–Crippen LogP) is 5.02. The summed E-state index contributed by atoms with van der Waals surface area (Å²) >= 11 is 1.65. The fraction of sp³-hybridized carbons (Fsp3) is 0. The van der Waals surface area contributed by atoms with E-state index in [1.807, 2.05) is 35.7 Å². The van der Waals surface area contributed by atoms with Gasteiger partial charge in [0.2, 0.25) is 0 Å². The average Bonchev–Trinajstić information content (AvgIpc) is 3.07. The maximum atomic E-state index is 12.2. The summed E-state index contributed by atoms with van der Waals surface area (Å²) in [5, 5.41) is 13.6. The van der Waals surface area contributed by atoms with Crippen LogP contribution in [-0.2, 0) is 0 Å². The van der Waals surface area contributed by atoms with Crippen molar-refractivity contribution in [2.24, 2.45) is 0 Å². The summed E-state index contributed by atoms with van der Waals surface area (Å²) in [7, 11) is 0. The third kappa shape index (κ3) is 3.15. The first-order valence-electron chi connectivity index (χ1n) is 6.87. The van der Waals surface area contributed by atoms with E-state index in [1.165, 1.54) is 6.07 Å². The number of rotatable bonds is 4. The molecule has 22 heavy (non-hydrogen) atoms. The molecule has 0 radical (unpaired) electrons. The van der Waals surface area contributed by atoms with Gasteiger partial charge in [-0.1, -0.05) is 42.5 Å². The maximum absolute atomic E-state index is 12.2. The minimum atomic E-state index is -0.129. The molecule has 3 rings (SSSR count). The van der Waals surface area contributed by atoms with E-state index in [0.29, 0.717) is 5.56 Å². The van der Waals surface area contributed by atoms with Crippen molar-refractivity contribution in [1.29, 1.82) is 0 Å². The van der Waals surface area contributed by atoms with Crippen LogP contribution in [0.5, 0.6) is 5.75 Å². The highest BCUT2D eigenvalue weighted by Gasteiger charge is 2.05. The molecule has 3 heteroatoms. The van der Waals surface area contributed by atoms with Crippen molar-refractivity contribution in [2.75, 3.05) is 0 Å². The number of benzene rings is 2. The summed E-state index contributed by atoms with van der Waals surface area (Å²) in [5.41, 5.74) is 3.72. The fourth-order valence-electron chi connectivity index (χ4n) is 2.24. The minimum Gasteiger partial charge on any atom is -0.508 e. The van der Waals surface area contributed by atoms with Crippen LogP contribution in [0.4, 0.5) is 0 Å². The molecule has 0 saturated carbocycles. The van der Waals surface area contributed by atoms with Crippen LogP contribution in [0.15, 0.2) is 71.4 Å². The van der Waals surface area contributed by atoms with Crippen molar-refractivity contribution in [3.05, 3.63) is 82.6 Å². The number of thiophene rings is 1. The molecule has 0 atom stereocenters. The molecule has 0 unspecified atom stereocenters. The Morgan fingerprint density at radius 1 is 1.05 bits per heavy atom. The standard InChI is InChI=1S/C19H14O2S/c20-17-6-3-5-15(12-17)19(21)9-8-14-4-1-2-7-18(14)16-10-11-22-13-16/h1-13,20H.